The van der Waals surface area contributed by atoms with Crippen LogP contribution in [-0.4, -0.2) is 41.8 Å². The van der Waals surface area contributed by atoms with Gasteiger partial charge in [-0.05, 0) is 18.2 Å². The molecule has 142 valence electrons. The van der Waals surface area contributed by atoms with Crippen molar-refractivity contribution >= 4 is 16.7 Å². The molecule has 4 aromatic rings. The maximum absolute atomic E-state index is 13.4. The van der Waals surface area contributed by atoms with Crippen molar-refractivity contribution in [2.75, 3.05) is 21.1 Å². The van der Waals surface area contributed by atoms with E-state index in [0.717, 1.165) is 23.0 Å². The van der Waals surface area contributed by atoms with E-state index in [4.69, 9.17) is 27.9 Å². The zero-order valence-electron chi connectivity index (χ0n) is 24.1. The molecule has 2 N–H and O–H groups in total. The third kappa shape index (κ3) is 2.87. The first-order valence-corrected chi connectivity index (χ1v) is 7.94. The van der Waals surface area contributed by atoms with Gasteiger partial charge in [0.25, 0.3) is 0 Å². The molecule has 0 aliphatic rings. The summed E-state index contributed by atoms with van der Waals surface area (Å²) in [7, 11) is -9.43. The van der Waals surface area contributed by atoms with Gasteiger partial charge in [0.1, 0.15) is 11.5 Å². The van der Waals surface area contributed by atoms with Crippen LogP contribution in [0.2, 0.25) is 0 Å². The Morgan fingerprint density at radius 3 is 2.57 bits per heavy atom. The van der Waals surface area contributed by atoms with Crippen molar-refractivity contribution in [1.82, 2.24) is 15.0 Å². The standard InChI is InChI=1S/C21H19N3O4/c1-26-17-8-12(9-18(27-2)20(17)28-3)19(25)16-11-23-21(24-16)14-10-22-15-7-5-4-6-13(14)15/h4-11,22H,1-3H3,(H,23,24)/i1D3,2D3,3D3,11D. The Bertz CT molecular complexity index is 1460. The minimum Gasteiger partial charge on any atom is -0.493 e. The number of carbonyl (C=O) groups is 1. The molecule has 2 heterocycles. The topological polar surface area (TPSA) is 89.2 Å². The van der Waals surface area contributed by atoms with E-state index in [9.17, 15) is 4.79 Å². The summed E-state index contributed by atoms with van der Waals surface area (Å²) in [5, 5.41) is 0.771. The van der Waals surface area contributed by atoms with Gasteiger partial charge in [-0.1, -0.05) is 18.2 Å². The van der Waals surface area contributed by atoms with Gasteiger partial charge in [-0.3, -0.25) is 4.79 Å². The van der Waals surface area contributed by atoms with Crippen LogP contribution >= 0.6 is 0 Å². The summed E-state index contributed by atoms with van der Waals surface area (Å²) in [4.78, 5) is 23.4. The number of rotatable bonds is 6. The molecule has 7 nitrogen and oxygen atoms in total. The lowest BCUT2D eigenvalue weighted by Crippen LogP contribution is -2.04. The van der Waals surface area contributed by atoms with Crippen LogP contribution in [0.3, 0.4) is 0 Å². The highest BCUT2D eigenvalue weighted by molar-refractivity contribution is 6.09. The number of nitrogens with zero attached hydrogens (tertiary/aromatic N) is 1. The SMILES string of the molecule is [2H]c1[nH]c(-c2c[nH]c3ccccc23)nc1C(=O)c1cc(OC([2H])([2H])[2H])c(OC([2H])([2H])[2H])c(OC([2H])([2H])[2H])c1. The number of imidazole rings is 1. The molecule has 28 heavy (non-hydrogen) atoms. The molecule has 0 fully saturated rings. The molecular weight excluding hydrogens is 358 g/mol. The summed E-state index contributed by atoms with van der Waals surface area (Å²) in [6, 6.07) is 8.97. The molecule has 2 aromatic heterocycles. The van der Waals surface area contributed by atoms with Crippen molar-refractivity contribution in [3.05, 3.63) is 60.0 Å². The molecule has 0 saturated heterocycles. The number of fused-ring (bicyclic) bond motifs is 1. The van der Waals surface area contributed by atoms with Crippen LogP contribution in [0.5, 0.6) is 17.2 Å². The van der Waals surface area contributed by atoms with Crippen LogP contribution in [0.25, 0.3) is 22.3 Å². The third-order valence-corrected chi connectivity index (χ3v) is 4.19. The number of H-pyrrole nitrogens is 2. The molecule has 0 atom stereocenters. The number of nitrogens with one attached hydrogen (secondary N) is 2. The highest BCUT2D eigenvalue weighted by Gasteiger charge is 2.20. The number of aromatic amines is 2. The highest BCUT2D eigenvalue weighted by atomic mass is 16.5. The Kier molecular flexibility index (Phi) is 2.40. The van der Waals surface area contributed by atoms with Gasteiger partial charge in [-0.2, -0.15) is 0 Å². The highest BCUT2D eigenvalue weighted by Crippen LogP contribution is 2.38. The van der Waals surface area contributed by atoms with Gasteiger partial charge < -0.3 is 24.2 Å². The van der Waals surface area contributed by atoms with Gasteiger partial charge in [0.05, 0.1) is 34.8 Å². The molecule has 0 aliphatic heterocycles. The van der Waals surface area contributed by atoms with Crippen LogP contribution in [-0.2, 0) is 0 Å². The Hall–Kier alpha value is -3.74. The summed E-state index contributed by atoms with van der Waals surface area (Å²) >= 11 is 0. The van der Waals surface area contributed by atoms with Gasteiger partial charge in [0.15, 0.2) is 11.5 Å². The van der Waals surface area contributed by atoms with Gasteiger partial charge in [0, 0.05) is 34.4 Å². The minimum atomic E-state index is -3.16. The Labute approximate surface area is 175 Å². The van der Waals surface area contributed by atoms with Crippen molar-refractivity contribution in [2.45, 2.75) is 0 Å². The fourth-order valence-corrected chi connectivity index (χ4v) is 2.89. The zero-order chi connectivity index (χ0) is 28.0. The van der Waals surface area contributed by atoms with Gasteiger partial charge in [0.2, 0.25) is 11.5 Å². The summed E-state index contributed by atoms with van der Waals surface area (Å²) in [5.74, 6) is -3.17. The lowest BCUT2D eigenvalue weighted by atomic mass is 10.1. The maximum Gasteiger partial charge on any atom is 0.213 e. The number of ether oxygens (including phenoxy) is 3. The molecule has 0 aliphatic carbocycles. The number of hydrogen-bond acceptors (Lipinski definition) is 5. The van der Waals surface area contributed by atoms with E-state index in [0.29, 0.717) is 5.56 Å². The van der Waals surface area contributed by atoms with Crippen molar-refractivity contribution in [1.29, 1.82) is 0 Å². The van der Waals surface area contributed by atoms with E-state index in [-0.39, 0.29) is 17.7 Å². The van der Waals surface area contributed by atoms with Crippen LogP contribution < -0.4 is 14.2 Å². The number of para-hydroxylation sites is 1. The van der Waals surface area contributed by atoms with E-state index in [2.05, 4.69) is 15.0 Å². The first-order valence-electron chi connectivity index (χ1n) is 12.9. The summed E-state index contributed by atoms with van der Waals surface area (Å²) in [6.45, 7) is 0. The van der Waals surface area contributed by atoms with Gasteiger partial charge in [-0.25, -0.2) is 4.98 Å². The molecule has 0 radical (unpaired) electrons. The second kappa shape index (κ2) is 7.11. The second-order valence-corrected chi connectivity index (χ2v) is 5.74. The van der Waals surface area contributed by atoms with Crippen LogP contribution in [0.1, 0.15) is 29.8 Å². The predicted octanol–water partition coefficient (Wildman–Crippen LogP) is 3.81. The van der Waals surface area contributed by atoms with Crippen LogP contribution in [0, 0.1) is 0 Å². The number of carbonyl (C=O) groups excluding carboxylic acids is 1. The fourth-order valence-electron chi connectivity index (χ4n) is 2.89. The molecule has 0 bridgehead atoms. The molecule has 7 heteroatoms. The van der Waals surface area contributed by atoms with E-state index in [1.54, 1.807) is 12.3 Å². The van der Waals surface area contributed by atoms with E-state index in [1.165, 1.54) is 0 Å². The summed E-state index contributed by atoms with van der Waals surface area (Å²) < 4.78 is 89.2. The largest absolute Gasteiger partial charge is 0.493 e. The van der Waals surface area contributed by atoms with Crippen molar-refractivity contribution < 1.29 is 32.7 Å². The van der Waals surface area contributed by atoms with Gasteiger partial charge in [-0.15, -0.1) is 0 Å². The maximum atomic E-state index is 13.4. The third-order valence-electron chi connectivity index (χ3n) is 4.19. The Morgan fingerprint density at radius 1 is 1.07 bits per heavy atom. The molecule has 2 aromatic carbocycles. The van der Waals surface area contributed by atoms with Crippen LogP contribution in [0.4, 0.5) is 0 Å². The van der Waals surface area contributed by atoms with E-state index < -0.39 is 49.7 Å². The minimum absolute atomic E-state index is 0.191. The molecule has 0 saturated carbocycles. The number of hydrogen-bond donors (Lipinski definition) is 2. The summed E-state index contributed by atoms with van der Waals surface area (Å²) in [5.41, 5.74) is 0.592. The number of benzene rings is 2. The average Bonchev–Trinajstić information content (AvgIpc) is 3.35. The lowest BCUT2D eigenvalue weighted by Gasteiger charge is -2.13. The molecule has 4 rings (SSSR count). The van der Waals surface area contributed by atoms with E-state index in [1.807, 2.05) is 18.2 Å². The van der Waals surface area contributed by atoms with Crippen molar-refractivity contribution in [2.24, 2.45) is 0 Å². The fraction of sp³-hybridized carbons (Fsp3) is 0.143. The second-order valence-electron chi connectivity index (χ2n) is 5.74. The average molecular weight is 387 g/mol. The van der Waals surface area contributed by atoms with Crippen molar-refractivity contribution in [3.63, 3.8) is 0 Å². The molecule has 0 unspecified atom stereocenters. The first-order chi connectivity index (χ1) is 17.5. The van der Waals surface area contributed by atoms with Crippen LogP contribution in [0.15, 0.2) is 48.8 Å². The molecule has 0 amide bonds. The van der Waals surface area contributed by atoms with Gasteiger partial charge >= 0.3 is 0 Å². The first kappa shape index (κ1) is 9.45. The quantitative estimate of drug-likeness (QED) is 0.491. The normalized spacial score (nSPS) is 17.4. The van der Waals surface area contributed by atoms with E-state index >= 15 is 0 Å². The van der Waals surface area contributed by atoms with Crippen molar-refractivity contribution in [3.8, 4) is 28.6 Å². The summed E-state index contributed by atoms with van der Waals surface area (Å²) in [6.07, 6.45) is 1.26. The predicted molar refractivity (Wildman–Crippen MR) is 105 cm³/mol. The number of ketones is 1. The molecular formula is C21H19N3O4. The number of methoxy groups -OCH3 is 3. The Balaban J connectivity index is 1.83. The monoisotopic (exact) mass is 387 g/mol. The Morgan fingerprint density at radius 2 is 1.82 bits per heavy atom. The molecule has 0 spiro atoms. The smallest absolute Gasteiger partial charge is 0.213 e. The number of aromatic nitrogens is 3. The lowest BCUT2D eigenvalue weighted by molar-refractivity contribution is 0.103. The zero-order valence-corrected chi connectivity index (χ0v) is 14.1.